The number of carbonyl (C=O) groups excluding carboxylic acids is 1. The first-order valence-corrected chi connectivity index (χ1v) is 7.16. The lowest BCUT2D eigenvalue weighted by Crippen LogP contribution is -2.52. The molecule has 1 aromatic rings. The summed E-state index contributed by atoms with van der Waals surface area (Å²) in [6.45, 7) is 0.480. The molecule has 19 heavy (non-hydrogen) atoms. The SMILES string of the molecule is NCCc1nc(C(=O)NC2(C(=O)O)CCCC2)cs1. The summed E-state index contributed by atoms with van der Waals surface area (Å²) in [5.41, 5.74) is 4.59. The molecule has 0 aromatic carbocycles. The molecule has 1 aliphatic rings. The zero-order valence-corrected chi connectivity index (χ0v) is 11.3. The highest BCUT2D eigenvalue weighted by atomic mass is 32.1. The topological polar surface area (TPSA) is 105 Å². The summed E-state index contributed by atoms with van der Waals surface area (Å²) in [6, 6.07) is 0. The van der Waals surface area contributed by atoms with Crippen LogP contribution in [0.5, 0.6) is 0 Å². The second-order valence-electron chi connectivity index (χ2n) is 4.71. The van der Waals surface area contributed by atoms with Crippen LogP contribution in [0.3, 0.4) is 0 Å². The Bertz CT molecular complexity index is 480. The maximum atomic E-state index is 12.1. The molecule has 6 nitrogen and oxygen atoms in total. The molecule has 0 radical (unpaired) electrons. The Morgan fingerprint density at radius 3 is 2.74 bits per heavy atom. The number of aliphatic carboxylic acids is 1. The Labute approximate surface area is 115 Å². The molecule has 0 spiro atoms. The van der Waals surface area contributed by atoms with Gasteiger partial charge in [-0.15, -0.1) is 11.3 Å². The molecule has 2 rings (SSSR count). The number of rotatable bonds is 5. The summed E-state index contributed by atoms with van der Waals surface area (Å²) in [5, 5.41) is 14.4. The number of nitrogens with one attached hydrogen (secondary N) is 1. The van der Waals surface area contributed by atoms with E-state index in [0.717, 1.165) is 17.8 Å². The van der Waals surface area contributed by atoms with Crippen LogP contribution in [-0.2, 0) is 11.2 Å². The summed E-state index contributed by atoms with van der Waals surface area (Å²) in [7, 11) is 0. The first-order chi connectivity index (χ1) is 9.07. The van der Waals surface area contributed by atoms with Crippen molar-refractivity contribution in [1.82, 2.24) is 10.3 Å². The predicted octanol–water partition coefficient (Wildman–Crippen LogP) is 0.771. The van der Waals surface area contributed by atoms with E-state index in [1.54, 1.807) is 5.38 Å². The Morgan fingerprint density at radius 2 is 2.16 bits per heavy atom. The van der Waals surface area contributed by atoms with Gasteiger partial charge in [-0.1, -0.05) is 12.8 Å². The molecule has 1 saturated carbocycles. The van der Waals surface area contributed by atoms with Crippen LogP contribution in [0.4, 0.5) is 0 Å². The lowest BCUT2D eigenvalue weighted by Gasteiger charge is -2.24. The van der Waals surface area contributed by atoms with E-state index in [1.807, 2.05) is 0 Å². The van der Waals surface area contributed by atoms with Crippen molar-refractivity contribution in [2.45, 2.75) is 37.6 Å². The molecule has 0 unspecified atom stereocenters. The average Bonchev–Trinajstić information content (AvgIpc) is 2.99. The van der Waals surface area contributed by atoms with Crippen molar-refractivity contribution in [1.29, 1.82) is 0 Å². The van der Waals surface area contributed by atoms with E-state index in [-0.39, 0.29) is 5.69 Å². The fourth-order valence-corrected chi connectivity index (χ4v) is 3.10. The number of hydrogen-bond acceptors (Lipinski definition) is 5. The fourth-order valence-electron chi connectivity index (χ4n) is 2.31. The zero-order chi connectivity index (χ0) is 13.9. The molecule has 1 amide bonds. The second-order valence-corrected chi connectivity index (χ2v) is 5.66. The quantitative estimate of drug-likeness (QED) is 0.740. The van der Waals surface area contributed by atoms with Crippen molar-refractivity contribution in [3.8, 4) is 0 Å². The smallest absolute Gasteiger partial charge is 0.329 e. The van der Waals surface area contributed by atoms with Gasteiger partial charge in [-0.05, 0) is 19.4 Å². The molecule has 0 atom stereocenters. The van der Waals surface area contributed by atoms with Gasteiger partial charge >= 0.3 is 5.97 Å². The first kappa shape index (κ1) is 14.0. The van der Waals surface area contributed by atoms with Gasteiger partial charge in [0.1, 0.15) is 11.2 Å². The Hall–Kier alpha value is -1.47. The molecule has 1 heterocycles. The van der Waals surface area contributed by atoms with Crippen LogP contribution >= 0.6 is 11.3 Å². The van der Waals surface area contributed by atoms with E-state index in [1.165, 1.54) is 11.3 Å². The highest BCUT2D eigenvalue weighted by Gasteiger charge is 2.42. The van der Waals surface area contributed by atoms with Crippen LogP contribution in [0, 0.1) is 0 Å². The highest BCUT2D eigenvalue weighted by Crippen LogP contribution is 2.30. The summed E-state index contributed by atoms with van der Waals surface area (Å²) < 4.78 is 0. The van der Waals surface area contributed by atoms with Gasteiger partial charge in [0.15, 0.2) is 0 Å². The van der Waals surface area contributed by atoms with Crippen molar-refractivity contribution in [2.75, 3.05) is 6.54 Å². The minimum Gasteiger partial charge on any atom is -0.480 e. The number of nitrogens with two attached hydrogens (primary N) is 1. The van der Waals surface area contributed by atoms with Gasteiger partial charge in [0, 0.05) is 11.8 Å². The number of carboxylic acid groups (broad SMARTS) is 1. The average molecular weight is 283 g/mol. The van der Waals surface area contributed by atoms with Crippen LogP contribution in [0.25, 0.3) is 0 Å². The molecular weight excluding hydrogens is 266 g/mol. The van der Waals surface area contributed by atoms with Gasteiger partial charge in [-0.25, -0.2) is 9.78 Å². The number of amides is 1. The standard InChI is InChI=1S/C12H17N3O3S/c13-6-3-9-14-8(7-19-9)10(16)15-12(11(17)18)4-1-2-5-12/h7H,1-6,13H2,(H,15,16)(H,17,18). The summed E-state index contributed by atoms with van der Waals surface area (Å²) in [5.74, 6) is -1.38. The van der Waals surface area contributed by atoms with E-state index in [2.05, 4.69) is 10.3 Å². The zero-order valence-electron chi connectivity index (χ0n) is 10.5. The second kappa shape index (κ2) is 5.66. The lowest BCUT2D eigenvalue weighted by atomic mass is 9.98. The van der Waals surface area contributed by atoms with Crippen molar-refractivity contribution < 1.29 is 14.7 Å². The fraction of sp³-hybridized carbons (Fsp3) is 0.583. The molecule has 0 bridgehead atoms. The van der Waals surface area contributed by atoms with Crippen molar-refractivity contribution >= 4 is 23.2 Å². The Balaban J connectivity index is 2.08. The molecule has 1 aromatic heterocycles. The molecular formula is C12H17N3O3S. The minimum absolute atomic E-state index is 0.279. The van der Waals surface area contributed by atoms with Crippen molar-refractivity contribution in [3.05, 3.63) is 16.1 Å². The molecule has 1 aliphatic carbocycles. The van der Waals surface area contributed by atoms with Crippen molar-refractivity contribution in [3.63, 3.8) is 0 Å². The molecule has 7 heteroatoms. The predicted molar refractivity (Wildman–Crippen MR) is 71.2 cm³/mol. The maximum Gasteiger partial charge on any atom is 0.329 e. The molecule has 104 valence electrons. The van der Waals surface area contributed by atoms with E-state index < -0.39 is 17.4 Å². The highest BCUT2D eigenvalue weighted by molar-refractivity contribution is 7.09. The van der Waals surface area contributed by atoms with Crippen LogP contribution in [0.2, 0.25) is 0 Å². The van der Waals surface area contributed by atoms with E-state index >= 15 is 0 Å². The largest absolute Gasteiger partial charge is 0.480 e. The molecule has 0 saturated heterocycles. The van der Waals surface area contributed by atoms with Gasteiger partial charge in [-0.2, -0.15) is 0 Å². The summed E-state index contributed by atoms with van der Waals surface area (Å²) in [4.78, 5) is 27.6. The Kier molecular flexibility index (Phi) is 4.16. The number of carboxylic acids is 1. The number of aromatic nitrogens is 1. The third-order valence-corrected chi connectivity index (χ3v) is 4.27. The minimum atomic E-state index is -1.12. The van der Waals surface area contributed by atoms with Crippen LogP contribution < -0.4 is 11.1 Å². The third kappa shape index (κ3) is 2.93. The molecule has 1 fully saturated rings. The Morgan fingerprint density at radius 1 is 1.47 bits per heavy atom. The summed E-state index contributed by atoms with van der Waals surface area (Å²) in [6.07, 6.45) is 3.23. The number of carbonyl (C=O) groups is 2. The van der Waals surface area contributed by atoms with Crippen LogP contribution in [0.1, 0.15) is 41.2 Å². The van der Waals surface area contributed by atoms with E-state index in [9.17, 15) is 14.7 Å². The number of thiazole rings is 1. The number of hydrogen-bond donors (Lipinski definition) is 3. The van der Waals surface area contributed by atoms with E-state index in [0.29, 0.717) is 25.8 Å². The molecule has 4 N–H and O–H groups in total. The van der Waals surface area contributed by atoms with Gasteiger partial charge in [0.05, 0.1) is 5.01 Å². The van der Waals surface area contributed by atoms with Crippen LogP contribution in [-0.4, -0.2) is 34.1 Å². The van der Waals surface area contributed by atoms with Crippen LogP contribution in [0.15, 0.2) is 5.38 Å². The van der Waals surface area contributed by atoms with Crippen molar-refractivity contribution in [2.24, 2.45) is 5.73 Å². The van der Waals surface area contributed by atoms with E-state index in [4.69, 9.17) is 5.73 Å². The monoisotopic (exact) mass is 283 g/mol. The van der Waals surface area contributed by atoms with Gasteiger partial charge in [-0.3, -0.25) is 4.79 Å². The normalized spacial score (nSPS) is 17.3. The maximum absolute atomic E-state index is 12.1. The first-order valence-electron chi connectivity index (χ1n) is 6.28. The van der Waals surface area contributed by atoms with Gasteiger partial charge in [0.25, 0.3) is 5.91 Å². The van der Waals surface area contributed by atoms with Gasteiger partial charge in [0.2, 0.25) is 0 Å². The molecule has 0 aliphatic heterocycles. The third-order valence-electron chi connectivity index (χ3n) is 3.36. The van der Waals surface area contributed by atoms with Gasteiger partial charge < -0.3 is 16.2 Å². The number of nitrogens with zero attached hydrogens (tertiary/aromatic N) is 1. The summed E-state index contributed by atoms with van der Waals surface area (Å²) >= 11 is 1.37. The lowest BCUT2D eigenvalue weighted by molar-refractivity contribution is -0.144.